The highest BCUT2D eigenvalue weighted by atomic mass is 16.5. The minimum Gasteiger partial charge on any atom is -0.466 e. The number of carbonyl (C=O) groups excluding carboxylic acids is 2. The fourth-order valence-corrected chi connectivity index (χ4v) is 1.19. The first kappa shape index (κ1) is 14.7. The number of esters is 2. The van der Waals surface area contributed by atoms with Crippen molar-refractivity contribution >= 4 is 11.9 Å². The molecule has 0 aliphatic carbocycles. The van der Waals surface area contributed by atoms with E-state index in [2.05, 4.69) is 0 Å². The van der Waals surface area contributed by atoms with Crippen LogP contribution >= 0.6 is 0 Å². The third-order valence-corrected chi connectivity index (χ3v) is 2.19. The highest BCUT2D eigenvalue weighted by Crippen LogP contribution is 2.14. The molecule has 0 radical (unpaired) electrons. The number of allylic oxidation sites excluding steroid dienone is 1. The van der Waals surface area contributed by atoms with Gasteiger partial charge >= 0.3 is 11.9 Å². The van der Waals surface area contributed by atoms with Crippen LogP contribution in [-0.4, -0.2) is 25.2 Å². The zero-order chi connectivity index (χ0) is 12.6. The Kier molecular flexibility index (Phi) is 7.25. The van der Waals surface area contributed by atoms with Crippen molar-refractivity contribution in [3.05, 3.63) is 11.1 Å². The SMILES string of the molecule is CCOC(=O)C/C(C(=O)OCC)=C(/C)CC. The molecule has 0 saturated heterocycles. The van der Waals surface area contributed by atoms with Crippen molar-refractivity contribution in [2.45, 2.75) is 40.5 Å². The first-order valence-electron chi connectivity index (χ1n) is 5.58. The second-order valence-corrected chi connectivity index (χ2v) is 3.31. The average Bonchev–Trinajstić information content (AvgIpc) is 2.25. The van der Waals surface area contributed by atoms with E-state index in [1.54, 1.807) is 13.8 Å². The van der Waals surface area contributed by atoms with Crippen LogP contribution in [0, 0.1) is 0 Å². The lowest BCUT2D eigenvalue weighted by Gasteiger charge is -2.09. The number of rotatable bonds is 6. The Hall–Kier alpha value is -1.32. The van der Waals surface area contributed by atoms with Crippen LogP contribution in [0.5, 0.6) is 0 Å². The van der Waals surface area contributed by atoms with Crippen molar-refractivity contribution in [3.63, 3.8) is 0 Å². The summed E-state index contributed by atoms with van der Waals surface area (Å²) in [7, 11) is 0. The number of hydrogen-bond acceptors (Lipinski definition) is 4. The zero-order valence-corrected chi connectivity index (χ0v) is 10.5. The third-order valence-electron chi connectivity index (χ3n) is 2.19. The molecule has 16 heavy (non-hydrogen) atoms. The lowest BCUT2D eigenvalue weighted by atomic mass is 10.0. The Bertz CT molecular complexity index is 279. The molecule has 0 N–H and O–H groups in total. The summed E-state index contributed by atoms with van der Waals surface area (Å²) in [6.45, 7) is 7.85. The van der Waals surface area contributed by atoms with Crippen LogP contribution in [0.3, 0.4) is 0 Å². The van der Waals surface area contributed by atoms with E-state index in [0.717, 1.165) is 5.57 Å². The molecule has 0 saturated carbocycles. The van der Waals surface area contributed by atoms with Gasteiger partial charge in [0.15, 0.2) is 0 Å². The summed E-state index contributed by atoms with van der Waals surface area (Å²) in [6.07, 6.45) is 0.708. The predicted octanol–water partition coefficient (Wildman–Crippen LogP) is 2.23. The molecule has 0 amide bonds. The van der Waals surface area contributed by atoms with Crippen molar-refractivity contribution < 1.29 is 19.1 Å². The van der Waals surface area contributed by atoms with Gasteiger partial charge in [-0.2, -0.15) is 0 Å². The van der Waals surface area contributed by atoms with Gasteiger partial charge in [-0.3, -0.25) is 4.79 Å². The molecule has 0 spiro atoms. The van der Waals surface area contributed by atoms with Crippen LogP contribution in [0.1, 0.15) is 40.5 Å². The van der Waals surface area contributed by atoms with Gasteiger partial charge in [-0.15, -0.1) is 0 Å². The van der Waals surface area contributed by atoms with Crippen LogP contribution in [0.2, 0.25) is 0 Å². The van der Waals surface area contributed by atoms with Crippen molar-refractivity contribution in [2.24, 2.45) is 0 Å². The third kappa shape index (κ3) is 4.96. The summed E-state index contributed by atoms with van der Waals surface area (Å²) in [5.74, 6) is -0.812. The van der Waals surface area contributed by atoms with Gasteiger partial charge in [-0.1, -0.05) is 12.5 Å². The van der Waals surface area contributed by atoms with E-state index in [9.17, 15) is 9.59 Å². The molecule has 0 aliphatic rings. The molecule has 0 unspecified atom stereocenters. The summed E-state index contributed by atoms with van der Waals surface area (Å²) < 4.78 is 9.72. The highest BCUT2D eigenvalue weighted by molar-refractivity contribution is 5.94. The maximum Gasteiger partial charge on any atom is 0.334 e. The highest BCUT2D eigenvalue weighted by Gasteiger charge is 2.17. The second kappa shape index (κ2) is 7.91. The molecule has 4 nitrogen and oxygen atoms in total. The fraction of sp³-hybridized carbons (Fsp3) is 0.667. The van der Waals surface area contributed by atoms with Gasteiger partial charge in [0.2, 0.25) is 0 Å². The molecule has 0 rings (SSSR count). The summed E-state index contributed by atoms with van der Waals surface area (Å²) in [4.78, 5) is 22.9. The van der Waals surface area contributed by atoms with E-state index in [0.29, 0.717) is 25.2 Å². The van der Waals surface area contributed by atoms with Gasteiger partial charge < -0.3 is 9.47 Å². The predicted molar refractivity (Wildman–Crippen MR) is 60.9 cm³/mol. The largest absolute Gasteiger partial charge is 0.466 e. The van der Waals surface area contributed by atoms with Crippen LogP contribution in [0.4, 0.5) is 0 Å². The quantitative estimate of drug-likeness (QED) is 0.516. The van der Waals surface area contributed by atoms with E-state index in [1.807, 2.05) is 13.8 Å². The standard InChI is InChI=1S/C12H20O4/c1-5-9(4)10(12(14)16-7-3)8-11(13)15-6-2/h5-8H2,1-4H3/b10-9+. The van der Waals surface area contributed by atoms with Gasteiger partial charge in [0.1, 0.15) is 0 Å². The minimum atomic E-state index is -0.421. The van der Waals surface area contributed by atoms with Gasteiger partial charge in [-0.05, 0) is 27.2 Å². The van der Waals surface area contributed by atoms with Gasteiger partial charge in [-0.25, -0.2) is 4.79 Å². The average molecular weight is 228 g/mol. The first-order chi connectivity index (χ1) is 7.56. The molecule has 4 heteroatoms. The van der Waals surface area contributed by atoms with E-state index in [1.165, 1.54) is 0 Å². The Morgan fingerprint density at radius 3 is 2.00 bits per heavy atom. The molecule has 0 aromatic rings. The van der Waals surface area contributed by atoms with Gasteiger partial charge in [0.25, 0.3) is 0 Å². The monoisotopic (exact) mass is 228 g/mol. The van der Waals surface area contributed by atoms with Crippen molar-refractivity contribution in [1.82, 2.24) is 0 Å². The van der Waals surface area contributed by atoms with Crippen molar-refractivity contribution in [3.8, 4) is 0 Å². The second-order valence-electron chi connectivity index (χ2n) is 3.31. The summed E-state index contributed by atoms with van der Waals surface area (Å²) in [5.41, 5.74) is 1.29. The smallest absolute Gasteiger partial charge is 0.334 e. The molecule has 92 valence electrons. The van der Waals surface area contributed by atoms with Crippen molar-refractivity contribution in [1.29, 1.82) is 0 Å². The topological polar surface area (TPSA) is 52.6 Å². The molecule has 0 aliphatic heterocycles. The molecular weight excluding hydrogens is 208 g/mol. The normalized spacial score (nSPS) is 11.8. The molecule has 0 bridgehead atoms. The van der Waals surface area contributed by atoms with Gasteiger partial charge in [0, 0.05) is 5.57 Å². The molecular formula is C12H20O4. The molecule has 0 fully saturated rings. The summed E-state index contributed by atoms with van der Waals surface area (Å²) >= 11 is 0. The van der Waals surface area contributed by atoms with E-state index in [-0.39, 0.29) is 6.42 Å². The Morgan fingerprint density at radius 1 is 1.00 bits per heavy atom. The molecule has 0 heterocycles. The Morgan fingerprint density at radius 2 is 1.56 bits per heavy atom. The molecule has 0 aromatic carbocycles. The summed E-state index contributed by atoms with van der Waals surface area (Å²) in [5, 5.41) is 0. The van der Waals surface area contributed by atoms with Crippen LogP contribution < -0.4 is 0 Å². The lowest BCUT2D eigenvalue weighted by Crippen LogP contribution is -2.15. The van der Waals surface area contributed by atoms with Crippen molar-refractivity contribution in [2.75, 3.05) is 13.2 Å². The number of ether oxygens (including phenoxy) is 2. The first-order valence-corrected chi connectivity index (χ1v) is 5.58. The van der Waals surface area contributed by atoms with Crippen LogP contribution in [0.25, 0.3) is 0 Å². The molecule has 0 atom stereocenters. The maximum absolute atomic E-state index is 11.6. The molecule has 0 aromatic heterocycles. The minimum absolute atomic E-state index is 0.00759. The number of hydrogen-bond donors (Lipinski definition) is 0. The van der Waals surface area contributed by atoms with Gasteiger partial charge in [0.05, 0.1) is 19.6 Å². The van der Waals surface area contributed by atoms with E-state index >= 15 is 0 Å². The van der Waals surface area contributed by atoms with Crippen LogP contribution in [0.15, 0.2) is 11.1 Å². The Labute approximate surface area is 96.6 Å². The Balaban J connectivity index is 4.70. The zero-order valence-electron chi connectivity index (χ0n) is 10.5. The maximum atomic E-state index is 11.6. The van der Waals surface area contributed by atoms with E-state index in [4.69, 9.17) is 9.47 Å². The number of carbonyl (C=O) groups is 2. The lowest BCUT2D eigenvalue weighted by molar-refractivity contribution is -0.145. The summed E-state index contributed by atoms with van der Waals surface area (Å²) in [6, 6.07) is 0. The van der Waals surface area contributed by atoms with Crippen LogP contribution in [-0.2, 0) is 19.1 Å². The van der Waals surface area contributed by atoms with E-state index < -0.39 is 11.9 Å². The fourth-order valence-electron chi connectivity index (χ4n) is 1.19.